The van der Waals surface area contributed by atoms with Gasteiger partial charge in [0, 0.05) is 24.2 Å². The average molecular weight is 458 g/mol. The first-order valence-corrected chi connectivity index (χ1v) is 11.2. The summed E-state index contributed by atoms with van der Waals surface area (Å²) in [4.78, 5) is 40.6. The molecule has 0 atom stereocenters. The second-order valence-electron chi connectivity index (χ2n) is 6.51. The molecule has 2 heterocycles. The highest BCUT2D eigenvalue weighted by Crippen LogP contribution is 2.32. The van der Waals surface area contributed by atoms with Crippen LogP contribution in [0.3, 0.4) is 0 Å². The zero-order valence-electron chi connectivity index (χ0n) is 15.7. The van der Waals surface area contributed by atoms with Gasteiger partial charge in [0.1, 0.15) is 5.84 Å². The van der Waals surface area contributed by atoms with Crippen LogP contribution in [0.1, 0.15) is 11.1 Å². The van der Waals surface area contributed by atoms with Gasteiger partial charge in [0.2, 0.25) is 0 Å². The predicted molar refractivity (Wildman–Crippen MR) is 114 cm³/mol. The number of carbonyl (C=O) groups is 2. The van der Waals surface area contributed by atoms with Gasteiger partial charge in [-0.3, -0.25) is 34.3 Å². The van der Waals surface area contributed by atoms with Gasteiger partial charge in [0.25, 0.3) is 26.9 Å². The lowest BCUT2D eigenvalue weighted by Gasteiger charge is -2.10. The van der Waals surface area contributed by atoms with Crippen molar-refractivity contribution in [3.8, 4) is 0 Å². The molecule has 12 heteroatoms. The fourth-order valence-corrected chi connectivity index (χ4v) is 5.17. The Morgan fingerprint density at radius 3 is 2.55 bits per heavy atom. The zero-order valence-corrected chi connectivity index (χ0v) is 17.4. The number of rotatable bonds is 5. The number of nitrogens with zero attached hydrogens (tertiary/aromatic N) is 3. The van der Waals surface area contributed by atoms with Crippen molar-refractivity contribution in [1.29, 1.82) is 0 Å². The smallest absolute Gasteiger partial charge is 0.268 e. The van der Waals surface area contributed by atoms with Crippen LogP contribution in [-0.4, -0.2) is 48.3 Å². The first-order valence-electron chi connectivity index (χ1n) is 8.93. The second kappa shape index (κ2) is 7.96. The SMILES string of the molecule is O=C1SC(=Cc2ccc([N+](=O)[O-])cc2)C(=O)N1CCN=C1NS(=O)(=O)c2ccccc21. The van der Waals surface area contributed by atoms with Crippen LogP contribution in [0.15, 0.2) is 63.3 Å². The van der Waals surface area contributed by atoms with Gasteiger partial charge in [-0.15, -0.1) is 0 Å². The Hall–Kier alpha value is -3.51. The standard InChI is InChI=1S/C19H14N4O6S2/c24-18-15(11-12-5-7-13(8-6-12)23(26)27)30-19(25)22(18)10-9-20-17-14-3-1-2-4-16(14)31(28,29)21-17/h1-8,11H,9-10H2,(H,20,21). The Bertz CT molecular complexity index is 1270. The molecule has 0 radical (unpaired) electrons. The van der Waals surface area contributed by atoms with Gasteiger partial charge in [-0.2, -0.15) is 0 Å². The van der Waals surface area contributed by atoms with E-state index in [2.05, 4.69) is 9.71 Å². The largest absolute Gasteiger partial charge is 0.293 e. The molecule has 1 saturated heterocycles. The molecule has 1 N–H and O–H groups in total. The van der Waals surface area contributed by atoms with Crippen molar-refractivity contribution in [2.24, 2.45) is 4.99 Å². The second-order valence-corrected chi connectivity index (χ2v) is 9.16. The van der Waals surface area contributed by atoms with Gasteiger partial charge in [-0.05, 0) is 47.7 Å². The molecule has 0 unspecified atom stereocenters. The van der Waals surface area contributed by atoms with Crippen molar-refractivity contribution in [3.63, 3.8) is 0 Å². The summed E-state index contributed by atoms with van der Waals surface area (Å²) in [6, 6.07) is 12.0. The van der Waals surface area contributed by atoms with Crippen LogP contribution in [0.5, 0.6) is 0 Å². The minimum absolute atomic E-state index is 0.0182. The van der Waals surface area contributed by atoms with Crippen molar-refractivity contribution in [2.75, 3.05) is 13.1 Å². The van der Waals surface area contributed by atoms with Crippen LogP contribution in [0.2, 0.25) is 0 Å². The molecule has 2 aromatic carbocycles. The van der Waals surface area contributed by atoms with Crippen molar-refractivity contribution < 1.29 is 22.9 Å². The lowest BCUT2D eigenvalue weighted by Crippen LogP contribution is -2.31. The van der Waals surface area contributed by atoms with E-state index in [-0.39, 0.29) is 34.4 Å². The van der Waals surface area contributed by atoms with Crippen LogP contribution in [0.4, 0.5) is 10.5 Å². The van der Waals surface area contributed by atoms with Gasteiger partial charge >= 0.3 is 0 Å². The van der Waals surface area contributed by atoms with E-state index in [1.54, 1.807) is 18.2 Å². The Kier molecular flexibility index (Phi) is 5.33. The minimum atomic E-state index is -3.66. The first kappa shape index (κ1) is 20.8. The Morgan fingerprint density at radius 1 is 1.13 bits per heavy atom. The number of amides is 2. The summed E-state index contributed by atoms with van der Waals surface area (Å²) >= 11 is 0.763. The van der Waals surface area contributed by atoms with Crippen LogP contribution < -0.4 is 4.72 Å². The van der Waals surface area contributed by atoms with Crippen molar-refractivity contribution in [1.82, 2.24) is 9.62 Å². The molecule has 0 aliphatic carbocycles. The number of benzene rings is 2. The third kappa shape index (κ3) is 4.07. The Morgan fingerprint density at radius 2 is 1.84 bits per heavy atom. The maximum atomic E-state index is 12.6. The molecule has 31 heavy (non-hydrogen) atoms. The zero-order chi connectivity index (χ0) is 22.2. The summed E-state index contributed by atoms with van der Waals surface area (Å²) in [5.41, 5.74) is 0.913. The number of imide groups is 1. The van der Waals surface area contributed by atoms with Crippen molar-refractivity contribution in [2.45, 2.75) is 4.90 Å². The number of non-ortho nitro benzene ring substituents is 1. The molecule has 0 aromatic heterocycles. The van der Waals surface area contributed by atoms with Gasteiger partial charge in [0.05, 0.1) is 21.3 Å². The van der Waals surface area contributed by atoms with Crippen LogP contribution in [0, 0.1) is 10.1 Å². The molecular weight excluding hydrogens is 444 g/mol. The molecule has 1 fully saturated rings. The summed E-state index contributed by atoms with van der Waals surface area (Å²) < 4.78 is 26.6. The minimum Gasteiger partial charge on any atom is -0.268 e. The van der Waals surface area contributed by atoms with Crippen LogP contribution in [-0.2, 0) is 14.8 Å². The number of fused-ring (bicyclic) bond motifs is 1. The van der Waals surface area contributed by atoms with E-state index in [0.29, 0.717) is 11.1 Å². The summed E-state index contributed by atoms with van der Waals surface area (Å²) in [6.45, 7) is 0.00466. The van der Waals surface area contributed by atoms with Crippen molar-refractivity contribution in [3.05, 3.63) is 74.7 Å². The maximum absolute atomic E-state index is 12.6. The number of aliphatic imine (C=N–C) groups is 1. The van der Waals surface area contributed by atoms with E-state index in [9.17, 15) is 28.1 Å². The maximum Gasteiger partial charge on any atom is 0.293 e. The Labute approximate surface area is 180 Å². The average Bonchev–Trinajstić information content (AvgIpc) is 3.15. The summed E-state index contributed by atoms with van der Waals surface area (Å²) in [7, 11) is -3.66. The summed E-state index contributed by atoms with van der Waals surface area (Å²) in [6.07, 6.45) is 1.49. The highest BCUT2D eigenvalue weighted by Gasteiger charge is 2.35. The number of carbonyl (C=O) groups excluding carboxylic acids is 2. The third-order valence-electron chi connectivity index (χ3n) is 4.53. The Balaban J connectivity index is 1.46. The highest BCUT2D eigenvalue weighted by molar-refractivity contribution is 8.18. The molecule has 0 bridgehead atoms. The quantitative estimate of drug-likeness (QED) is 0.412. The topological polar surface area (TPSA) is 139 Å². The predicted octanol–water partition coefficient (Wildman–Crippen LogP) is 2.37. The van der Waals surface area contributed by atoms with E-state index in [1.165, 1.54) is 36.4 Å². The van der Waals surface area contributed by atoms with E-state index >= 15 is 0 Å². The molecule has 2 aromatic rings. The number of nitrogens with one attached hydrogen (secondary N) is 1. The molecule has 158 valence electrons. The molecule has 2 amide bonds. The number of nitro groups is 1. The number of amidine groups is 1. The monoisotopic (exact) mass is 458 g/mol. The molecule has 4 rings (SSSR count). The fraction of sp³-hybridized carbons (Fsp3) is 0.105. The van der Waals surface area contributed by atoms with E-state index in [1.807, 2.05) is 0 Å². The summed E-state index contributed by atoms with van der Waals surface area (Å²) in [5.74, 6) is -0.329. The number of thioether (sulfide) groups is 1. The molecule has 0 spiro atoms. The van der Waals surface area contributed by atoms with Crippen molar-refractivity contribution >= 4 is 50.5 Å². The van der Waals surface area contributed by atoms with Gasteiger partial charge in [0.15, 0.2) is 0 Å². The summed E-state index contributed by atoms with van der Waals surface area (Å²) in [5, 5.41) is 10.3. The molecule has 2 aliphatic heterocycles. The third-order valence-corrected chi connectivity index (χ3v) is 6.84. The van der Waals surface area contributed by atoms with Crippen LogP contribution >= 0.6 is 11.8 Å². The number of nitro benzene ring substituents is 1. The molecular formula is C19H14N4O6S2. The first-order chi connectivity index (χ1) is 14.8. The number of hydrogen-bond donors (Lipinski definition) is 1. The normalized spacial score (nSPS) is 19.7. The molecule has 2 aliphatic rings. The number of sulfonamides is 1. The van der Waals surface area contributed by atoms with Crippen LogP contribution in [0.25, 0.3) is 6.08 Å². The van der Waals surface area contributed by atoms with Gasteiger partial charge in [-0.25, -0.2) is 8.42 Å². The number of hydrogen-bond acceptors (Lipinski definition) is 8. The van der Waals surface area contributed by atoms with E-state index < -0.39 is 26.1 Å². The van der Waals surface area contributed by atoms with E-state index in [4.69, 9.17) is 0 Å². The molecule has 10 nitrogen and oxygen atoms in total. The fourth-order valence-electron chi connectivity index (χ4n) is 3.05. The van der Waals surface area contributed by atoms with Gasteiger partial charge < -0.3 is 0 Å². The van der Waals surface area contributed by atoms with Gasteiger partial charge in [-0.1, -0.05) is 12.1 Å². The molecule has 0 saturated carbocycles. The highest BCUT2D eigenvalue weighted by atomic mass is 32.2. The van der Waals surface area contributed by atoms with E-state index in [0.717, 1.165) is 16.7 Å². The lowest BCUT2D eigenvalue weighted by molar-refractivity contribution is -0.384. The lowest BCUT2D eigenvalue weighted by atomic mass is 10.2.